The minimum atomic E-state index is -0.0908. The molecule has 0 radical (unpaired) electrons. The highest BCUT2D eigenvalue weighted by molar-refractivity contribution is 5.75. The highest BCUT2D eigenvalue weighted by Crippen LogP contribution is 2.31. The Morgan fingerprint density at radius 1 is 1.38 bits per heavy atom. The van der Waals surface area contributed by atoms with Crippen molar-refractivity contribution in [2.75, 3.05) is 27.2 Å². The first-order valence-corrected chi connectivity index (χ1v) is 8.42. The largest absolute Gasteiger partial charge is 0.336 e. The van der Waals surface area contributed by atoms with Crippen LogP contribution in [0.2, 0.25) is 0 Å². The Balaban J connectivity index is 1.75. The Bertz CT molecular complexity index is 723. The van der Waals surface area contributed by atoms with Gasteiger partial charge in [-0.2, -0.15) is 0 Å². The number of pyridine rings is 1. The third-order valence-electron chi connectivity index (χ3n) is 5.03. The SMILES string of the molecule is CN(C)C(C)(C)CNC(=O)N1CCC[C@@H]1c1nnc2ccccn12. The average Bonchev–Trinajstić information content (AvgIpc) is 3.18. The molecule has 130 valence electrons. The number of hydrogen-bond donors (Lipinski definition) is 1. The summed E-state index contributed by atoms with van der Waals surface area (Å²) in [6.45, 7) is 5.57. The maximum absolute atomic E-state index is 12.7. The van der Waals surface area contributed by atoms with Crippen LogP contribution in [-0.4, -0.2) is 63.2 Å². The molecular formula is C17H26N6O. The Morgan fingerprint density at radius 3 is 2.92 bits per heavy atom. The molecule has 7 heteroatoms. The second-order valence-corrected chi connectivity index (χ2v) is 7.20. The summed E-state index contributed by atoms with van der Waals surface area (Å²) in [6, 6.07) is 5.77. The summed E-state index contributed by atoms with van der Waals surface area (Å²) in [5.74, 6) is 0.838. The molecule has 0 aliphatic carbocycles. The molecule has 0 saturated carbocycles. The van der Waals surface area contributed by atoms with Crippen LogP contribution in [-0.2, 0) is 0 Å². The van der Waals surface area contributed by atoms with Crippen molar-refractivity contribution in [1.29, 1.82) is 0 Å². The molecule has 1 N–H and O–H groups in total. The quantitative estimate of drug-likeness (QED) is 0.930. The van der Waals surface area contributed by atoms with E-state index in [0.29, 0.717) is 6.54 Å². The number of amides is 2. The molecule has 0 unspecified atom stereocenters. The minimum absolute atomic E-state index is 0.0233. The van der Waals surface area contributed by atoms with Crippen LogP contribution in [0.4, 0.5) is 4.79 Å². The second-order valence-electron chi connectivity index (χ2n) is 7.20. The zero-order valence-electron chi connectivity index (χ0n) is 14.9. The first kappa shape index (κ1) is 16.7. The number of carbonyl (C=O) groups excluding carboxylic acids is 1. The molecule has 1 aliphatic rings. The number of aromatic nitrogens is 3. The van der Waals surface area contributed by atoms with Gasteiger partial charge in [-0.25, -0.2) is 4.79 Å². The van der Waals surface area contributed by atoms with Crippen LogP contribution in [0.15, 0.2) is 24.4 Å². The third-order valence-corrected chi connectivity index (χ3v) is 5.03. The number of urea groups is 1. The molecule has 0 spiro atoms. The van der Waals surface area contributed by atoms with Crippen LogP contribution < -0.4 is 5.32 Å². The first-order chi connectivity index (χ1) is 11.4. The number of nitrogens with one attached hydrogen (secondary N) is 1. The fourth-order valence-electron chi connectivity index (χ4n) is 2.92. The molecule has 2 aromatic rings. The molecule has 0 aromatic carbocycles. The highest BCUT2D eigenvalue weighted by atomic mass is 16.2. The lowest BCUT2D eigenvalue weighted by Gasteiger charge is -2.34. The van der Waals surface area contributed by atoms with Crippen molar-refractivity contribution in [2.45, 2.75) is 38.3 Å². The van der Waals surface area contributed by atoms with E-state index < -0.39 is 0 Å². The third kappa shape index (κ3) is 3.08. The number of likely N-dealkylation sites (N-methyl/N-ethyl adjacent to an activating group) is 1. The van der Waals surface area contributed by atoms with Crippen LogP contribution in [0.3, 0.4) is 0 Å². The van der Waals surface area contributed by atoms with Gasteiger partial charge in [-0.15, -0.1) is 10.2 Å². The van der Waals surface area contributed by atoms with Gasteiger partial charge in [-0.1, -0.05) is 6.07 Å². The predicted molar refractivity (Wildman–Crippen MR) is 92.8 cm³/mol. The summed E-state index contributed by atoms with van der Waals surface area (Å²) in [7, 11) is 4.04. The Kier molecular flexibility index (Phi) is 4.45. The molecule has 1 aliphatic heterocycles. The van der Waals surface area contributed by atoms with E-state index in [2.05, 4.69) is 34.3 Å². The van der Waals surface area contributed by atoms with E-state index >= 15 is 0 Å². The molecule has 24 heavy (non-hydrogen) atoms. The number of hydrogen-bond acceptors (Lipinski definition) is 4. The van der Waals surface area contributed by atoms with Gasteiger partial charge in [0.05, 0.1) is 6.04 Å². The van der Waals surface area contributed by atoms with Gasteiger partial charge >= 0.3 is 6.03 Å². The fraction of sp³-hybridized carbons (Fsp3) is 0.588. The predicted octanol–water partition coefficient (Wildman–Crippen LogP) is 1.92. The van der Waals surface area contributed by atoms with E-state index in [-0.39, 0.29) is 17.6 Å². The van der Waals surface area contributed by atoms with E-state index in [0.717, 1.165) is 30.9 Å². The summed E-state index contributed by atoms with van der Waals surface area (Å²) in [5, 5.41) is 11.6. The van der Waals surface area contributed by atoms with E-state index in [4.69, 9.17) is 0 Å². The molecule has 7 nitrogen and oxygen atoms in total. The lowest BCUT2D eigenvalue weighted by molar-refractivity contribution is 0.166. The number of nitrogens with zero attached hydrogens (tertiary/aromatic N) is 5. The van der Waals surface area contributed by atoms with Gasteiger partial charge in [-0.3, -0.25) is 4.40 Å². The lowest BCUT2D eigenvalue weighted by Crippen LogP contribution is -2.51. The molecular weight excluding hydrogens is 304 g/mol. The zero-order chi connectivity index (χ0) is 17.3. The van der Waals surface area contributed by atoms with Gasteiger partial charge in [-0.05, 0) is 52.9 Å². The summed E-state index contributed by atoms with van der Waals surface area (Å²) in [5.41, 5.74) is 0.723. The first-order valence-electron chi connectivity index (χ1n) is 8.42. The van der Waals surface area contributed by atoms with Crippen molar-refractivity contribution in [3.8, 4) is 0 Å². The topological polar surface area (TPSA) is 65.8 Å². The smallest absolute Gasteiger partial charge is 0.318 e. The van der Waals surface area contributed by atoms with Crippen LogP contribution >= 0.6 is 0 Å². The number of fused-ring (bicyclic) bond motifs is 1. The summed E-state index contributed by atoms with van der Waals surface area (Å²) >= 11 is 0. The molecule has 1 atom stereocenters. The molecule has 1 fully saturated rings. The van der Waals surface area contributed by atoms with Crippen molar-refractivity contribution >= 4 is 11.7 Å². The maximum Gasteiger partial charge on any atom is 0.318 e. The van der Waals surface area contributed by atoms with Crippen LogP contribution in [0.25, 0.3) is 5.65 Å². The van der Waals surface area contributed by atoms with Crippen molar-refractivity contribution in [3.05, 3.63) is 30.2 Å². The normalized spacial score (nSPS) is 18.5. The van der Waals surface area contributed by atoms with Crippen molar-refractivity contribution in [1.82, 2.24) is 29.7 Å². The van der Waals surface area contributed by atoms with Crippen LogP contribution in [0.1, 0.15) is 38.6 Å². The van der Waals surface area contributed by atoms with E-state index in [1.165, 1.54) is 0 Å². The lowest BCUT2D eigenvalue weighted by atomic mass is 10.0. The van der Waals surface area contributed by atoms with Crippen molar-refractivity contribution in [3.63, 3.8) is 0 Å². The highest BCUT2D eigenvalue weighted by Gasteiger charge is 2.34. The standard InChI is InChI=1S/C17H26N6O/c1-17(2,21(3)4)12-18-16(24)22-11-7-8-13(22)15-20-19-14-9-5-6-10-23(14)15/h5-6,9-10,13H,7-8,11-12H2,1-4H3,(H,18,24)/t13-/m1/s1. The van der Waals surface area contributed by atoms with Crippen LogP contribution in [0, 0.1) is 0 Å². The number of likely N-dealkylation sites (tertiary alicyclic amines) is 1. The Hall–Kier alpha value is -2.15. The Morgan fingerprint density at radius 2 is 2.17 bits per heavy atom. The Labute approximate surface area is 142 Å². The fourth-order valence-corrected chi connectivity index (χ4v) is 2.92. The summed E-state index contributed by atoms with van der Waals surface area (Å²) in [6.07, 6.45) is 3.85. The molecule has 3 heterocycles. The summed E-state index contributed by atoms with van der Waals surface area (Å²) < 4.78 is 1.97. The monoisotopic (exact) mass is 330 g/mol. The molecule has 0 bridgehead atoms. The summed E-state index contributed by atoms with van der Waals surface area (Å²) in [4.78, 5) is 16.7. The van der Waals surface area contributed by atoms with Gasteiger partial charge in [0.25, 0.3) is 0 Å². The minimum Gasteiger partial charge on any atom is -0.336 e. The van der Waals surface area contributed by atoms with Gasteiger partial charge < -0.3 is 15.1 Å². The van der Waals surface area contributed by atoms with E-state index in [9.17, 15) is 4.79 Å². The van der Waals surface area contributed by atoms with E-state index in [1.54, 1.807) is 0 Å². The second kappa shape index (κ2) is 6.39. The average molecular weight is 330 g/mol. The molecule has 2 amide bonds. The van der Waals surface area contributed by atoms with E-state index in [1.807, 2.05) is 47.8 Å². The maximum atomic E-state index is 12.7. The number of carbonyl (C=O) groups is 1. The van der Waals surface area contributed by atoms with Gasteiger partial charge in [0.2, 0.25) is 0 Å². The molecule has 1 saturated heterocycles. The number of rotatable bonds is 4. The van der Waals surface area contributed by atoms with Gasteiger partial charge in [0, 0.05) is 24.8 Å². The van der Waals surface area contributed by atoms with Crippen molar-refractivity contribution in [2.24, 2.45) is 0 Å². The van der Waals surface area contributed by atoms with Crippen LogP contribution in [0.5, 0.6) is 0 Å². The zero-order valence-corrected chi connectivity index (χ0v) is 14.9. The van der Waals surface area contributed by atoms with Crippen molar-refractivity contribution < 1.29 is 4.79 Å². The van der Waals surface area contributed by atoms with Gasteiger partial charge in [0.1, 0.15) is 0 Å². The molecule has 3 rings (SSSR count). The van der Waals surface area contributed by atoms with Gasteiger partial charge in [0.15, 0.2) is 11.5 Å². The molecule has 2 aromatic heterocycles.